The van der Waals surface area contributed by atoms with Crippen LogP contribution in [0.5, 0.6) is 0 Å². The molecular formula is C19H22N4O. The summed E-state index contributed by atoms with van der Waals surface area (Å²) in [6, 6.07) is 8.14. The van der Waals surface area contributed by atoms with Gasteiger partial charge in [0.25, 0.3) is 0 Å². The zero-order valence-electron chi connectivity index (χ0n) is 14.5. The molecule has 2 atom stereocenters. The SMILES string of the molecule is COC(c1nc2c(n1C)CC(C)C=C2)c1nc2ccccc2n1C. The zero-order chi connectivity index (χ0) is 16.8. The van der Waals surface area contributed by atoms with E-state index in [1.807, 2.05) is 25.2 Å². The van der Waals surface area contributed by atoms with E-state index in [9.17, 15) is 0 Å². The van der Waals surface area contributed by atoms with E-state index < -0.39 is 0 Å². The summed E-state index contributed by atoms with van der Waals surface area (Å²) in [5.74, 6) is 2.32. The second-order valence-corrected chi connectivity index (χ2v) is 6.53. The lowest BCUT2D eigenvalue weighted by molar-refractivity contribution is 0.117. The van der Waals surface area contributed by atoms with E-state index in [1.54, 1.807) is 7.11 Å². The third kappa shape index (κ3) is 2.19. The topological polar surface area (TPSA) is 44.9 Å². The molecule has 4 rings (SSSR count). The Morgan fingerprint density at radius 2 is 1.88 bits per heavy atom. The predicted molar refractivity (Wildman–Crippen MR) is 94.7 cm³/mol. The van der Waals surface area contributed by atoms with Crippen LogP contribution < -0.4 is 0 Å². The van der Waals surface area contributed by atoms with E-state index in [2.05, 4.69) is 41.3 Å². The summed E-state index contributed by atoms with van der Waals surface area (Å²) >= 11 is 0. The second-order valence-electron chi connectivity index (χ2n) is 6.53. The molecule has 2 unspecified atom stereocenters. The van der Waals surface area contributed by atoms with Gasteiger partial charge in [0.05, 0.1) is 16.7 Å². The molecule has 0 fully saturated rings. The molecule has 0 amide bonds. The number of aromatic nitrogens is 4. The first-order valence-corrected chi connectivity index (χ1v) is 8.28. The van der Waals surface area contributed by atoms with Crippen molar-refractivity contribution in [2.45, 2.75) is 19.4 Å². The maximum absolute atomic E-state index is 5.83. The maximum atomic E-state index is 5.83. The number of ether oxygens (including phenoxy) is 1. The molecule has 5 heteroatoms. The number of aryl methyl sites for hydroxylation is 1. The highest BCUT2D eigenvalue weighted by molar-refractivity contribution is 5.76. The number of fused-ring (bicyclic) bond motifs is 2. The summed E-state index contributed by atoms with van der Waals surface area (Å²) in [4.78, 5) is 9.63. The molecule has 24 heavy (non-hydrogen) atoms. The van der Waals surface area contributed by atoms with Crippen LogP contribution in [0.1, 0.15) is 36.1 Å². The van der Waals surface area contributed by atoms with Crippen molar-refractivity contribution in [2.24, 2.45) is 20.0 Å². The van der Waals surface area contributed by atoms with Crippen LogP contribution in [0.4, 0.5) is 0 Å². The number of hydrogen-bond acceptors (Lipinski definition) is 3. The highest BCUT2D eigenvalue weighted by Crippen LogP contribution is 2.30. The number of rotatable bonds is 3. The Bertz CT molecular complexity index is 934. The molecule has 0 radical (unpaired) electrons. The van der Waals surface area contributed by atoms with Crippen LogP contribution in [0.3, 0.4) is 0 Å². The number of methoxy groups -OCH3 is 1. The highest BCUT2D eigenvalue weighted by Gasteiger charge is 2.28. The summed E-state index contributed by atoms with van der Waals surface area (Å²) in [5, 5.41) is 0. The molecule has 1 aromatic carbocycles. The van der Waals surface area contributed by atoms with Gasteiger partial charge in [0, 0.05) is 26.9 Å². The van der Waals surface area contributed by atoms with Gasteiger partial charge in [-0.05, 0) is 30.5 Å². The molecule has 0 saturated carbocycles. The summed E-state index contributed by atoms with van der Waals surface area (Å²) in [6.07, 6.45) is 5.06. The van der Waals surface area contributed by atoms with Gasteiger partial charge in [0.2, 0.25) is 0 Å². The minimum absolute atomic E-state index is 0.290. The molecule has 124 valence electrons. The quantitative estimate of drug-likeness (QED) is 0.743. The zero-order valence-corrected chi connectivity index (χ0v) is 14.5. The van der Waals surface area contributed by atoms with Crippen LogP contribution in [0.15, 0.2) is 30.3 Å². The van der Waals surface area contributed by atoms with Gasteiger partial charge >= 0.3 is 0 Å². The summed E-state index contributed by atoms with van der Waals surface area (Å²) < 4.78 is 10.1. The van der Waals surface area contributed by atoms with Crippen LogP contribution in [0, 0.1) is 5.92 Å². The Morgan fingerprint density at radius 1 is 1.12 bits per heavy atom. The molecular weight excluding hydrogens is 300 g/mol. The fraction of sp³-hybridized carbons (Fsp3) is 0.368. The lowest BCUT2D eigenvalue weighted by Crippen LogP contribution is -2.15. The fourth-order valence-electron chi connectivity index (χ4n) is 3.54. The van der Waals surface area contributed by atoms with Gasteiger partial charge in [-0.1, -0.05) is 25.1 Å². The summed E-state index contributed by atoms with van der Waals surface area (Å²) in [6.45, 7) is 2.23. The van der Waals surface area contributed by atoms with Gasteiger partial charge < -0.3 is 13.9 Å². The van der Waals surface area contributed by atoms with Crippen LogP contribution in [0.2, 0.25) is 0 Å². The third-order valence-corrected chi connectivity index (χ3v) is 4.90. The van der Waals surface area contributed by atoms with E-state index in [-0.39, 0.29) is 6.10 Å². The van der Waals surface area contributed by atoms with Gasteiger partial charge in [-0.25, -0.2) is 9.97 Å². The van der Waals surface area contributed by atoms with E-state index >= 15 is 0 Å². The summed E-state index contributed by atoms with van der Waals surface area (Å²) in [5.41, 5.74) is 4.39. The highest BCUT2D eigenvalue weighted by atomic mass is 16.5. The normalized spacial score (nSPS) is 18.1. The largest absolute Gasteiger partial charge is 0.365 e. The molecule has 1 aliphatic rings. The van der Waals surface area contributed by atoms with Crippen molar-refractivity contribution in [2.75, 3.05) is 7.11 Å². The average molecular weight is 322 g/mol. The summed E-state index contributed by atoms with van der Waals surface area (Å²) in [7, 11) is 5.82. The smallest absolute Gasteiger partial charge is 0.172 e. The first-order valence-electron chi connectivity index (χ1n) is 8.28. The Hall–Kier alpha value is -2.40. The van der Waals surface area contributed by atoms with E-state index in [4.69, 9.17) is 14.7 Å². The fourth-order valence-corrected chi connectivity index (χ4v) is 3.54. The van der Waals surface area contributed by atoms with Crippen LogP contribution in [-0.2, 0) is 25.3 Å². The molecule has 0 spiro atoms. The van der Waals surface area contributed by atoms with E-state index in [0.717, 1.165) is 34.8 Å². The van der Waals surface area contributed by atoms with Gasteiger partial charge in [-0.2, -0.15) is 0 Å². The molecule has 1 aliphatic carbocycles. The second kappa shape index (κ2) is 5.60. The monoisotopic (exact) mass is 322 g/mol. The number of imidazole rings is 2. The van der Waals surface area contributed by atoms with Gasteiger partial charge in [-0.3, -0.25) is 0 Å². The van der Waals surface area contributed by atoms with Crippen molar-refractivity contribution >= 4 is 17.1 Å². The molecule has 3 aromatic rings. The molecule has 0 saturated heterocycles. The molecule has 2 aromatic heterocycles. The van der Waals surface area contributed by atoms with Gasteiger partial charge in [0.15, 0.2) is 6.10 Å². The number of allylic oxidation sites excluding steroid dienone is 1. The Morgan fingerprint density at radius 3 is 2.62 bits per heavy atom. The lowest BCUT2D eigenvalue weighted by Gasteiger charge is -2.17. The van der Waals surface area contributed by atoms with Crippen molar-refractivity contribution in [1.29, 1.82) is 0 Å². The molecule has 2 heterocycles. The third-order valence-electron chi connectivity index (χ3n) is 4.90. The maximum Gasteiger partial charge on any atom is 0.172 e. The van der Waals surface area contributed by atoms with Gasteiger partial charge in [0.1, 0.15) is 11.6 Å². The average Bonchev–Trinajstić information content (AvgIpc) is 3.08. The van der Waals surface area contributed by atoms with Gasteiger partial charge in [-0.15, -0.1) is 0 Å². The van der Waals surface area contributed by atoms with E-state index in [0.29, 0.717) is 5.92 Å². The Kier molecular flexibility index (Phi) is 3.53. The van der Waals surface area contributed by atoms with Crippen molar-refractivity contribution in [3.05, 3.63) is 53.4 Å². The number of benzene rings is 1. The van der Waals surface area contributed by atoms with Crippen molar-refractivity contribution in [1.82, 2.24) is 19.1 Å². The molecule has 0 N–H and O–H groups in total. The lowest BCUT2D eigenvalue weighted by atomic mass is 9.98. The number of para-hydroxylation sites is 2. The predicted octanol–water partition coefficient (Wildman–Crippen LogP) is 3.25. The van der Waals surface area contributed by atoms with Crippen LogP contribution >= 0.6 is 0 Å². The minimum atomic E-state index is -0.290. The first kappa shape index (κ1) is 15.1. The minimum Gasteiger partial charge on any atom is -0.365 e. The van der Waals surface area contributed by atoms with Crippen molar-refractivity contribution in [3.63, 3.8) is 0 Å². The molecule has 0 aliphatic heterocycles. The van der Waals surface area contributed by atoms with Crippen molar-refractivity contribution in [3.8, 4) is 0 Å². The standard InChI is InChI=1S/C19H22N4O/c1-12-9-10-14-16(11-12)23(3)19(21-14)17(24-4)18-20-13-7-5-6-8-15(13)22(18)2/h5-10,12,17H,11H2,1-4H3. The number of hydrogen-bond donors (Lipinski definition) is 0. The van der Waals surface area contributed by atoms with Crippen molar-refractivity contribution < 1.29 is 4.74 Å². The first-order chi connectivity index (χ1) is 11.6. The van der Waals surface area contributed by atoms with E-state index in [1.165, 1.54) is 5.69 Å². The Balaban J connectivity index is 1.85. The molecule has 0 bridgehead atoms. The molecule has 5 nitrogen and oxygen atoms in total. The Labute approximate surface area is 141 Å². The van der Waals surface area contributed by atoms with Crippen LogP contribution in [-0.4, -0.2) is 26.2 Å². The van der Waals surface area contributed by atoms with Crippen LogP contribution in [0.25, 0.3) is 17.1 Å². The number of nitrogens with zero attached hydrogens (tertiary/aromatic N) is 4.